The quantitative estimate of drug-likeness (QED) is 0.648. The van der Waals surface area contributed by atoms with Gasteiger partial charge in [0.05, 0.1) is 6.61 Å². The number of benzene rings is 1. The minimum absolute atomic E-state index is 0.287. The lowest BCUT2D eigenvalue weighted by Crippen LogP contribution is -2.47. The highest BCUT2D eigenvalue weighted by Crippen LogP contribution is 2.25. The normalized spacial score (nSPS) is 13.7. The molecule has 0 aliphatic heterocycles. The van der Waals surface area contributed by atoms with Crippen molar-refractivity contribution >= 4 is 21.9 Å². The summed E-state index contributed by atoms with van der Waals surface area (Å²) in [6.45, 7) is 8.16. The molecule has 1 rings (SSSR count). The summed E-state index contributed by atoms with van der Waals surface area (Å²) in [6, 6.07) is 7.62. The van der Waals surface area contributed by atoms with Crippen molar-refractivity contribution in [1.82, 2.24) is 5.32 Å². The molecule has 1 aromatic rings. The van der Waals surface area contributed by atoms with Gasteiger partial charge in [0.2, 0.25) is 0 Å². The Morgan fingerprint density at radius 2 is 2.33 bits per heavy atom. The summed E-state index contributed by atoms with van der Waals surface area (Å²) in [5.41, 5.74) is -0.00859. The maximum absolute atomic E-state index is 12.1. The van der Waals surface area contributed by atoms with E-state index in [0.717, 1.165) is 10.0 Å². The molecule has 1 unspecified atom stereocenters. The fourth-order valence-electron chi connectivity index (χ4n) is 1.64. The molecule has 0 heterocycles. The summed E-state index contributed by atoms with van der Waals surface area (Å²) in [5, 5.41) is 3.16. The number of ether oxygens (including phenoxy) is 1. The fourth-order valence-corrected chi connectivity index (χ4v) is 2.04. The van der Waals surface area contributed by atoms with Gasteiger partial charge in [0.25, 0.3) is 0 Å². The molecule has 0 aromatic heterocycles. The summed E-state index contributed by atoms with van der Waals surface area (Å²) in [5.74, 6) is -0.287. The Hall–Kier alpha value is -1.13. The molecule has 0 saturated heterocycles. The summed E-state index contributed by atoms with van der Waals surface area (Å²) >= 11 is 3.41. The van der Waals surface area contributed by atoms with Crippen molar-refractivity contribution in [2.75, 3.05) is 13.2 Å². The molecular formula is C14H18BrNO2. The van der Waals surface area contributed by atoms with Crippen LogP contribution in [0.2, 0.25) is 0 Å². The third kappa shape index (κ3) is 3.43. The highest BCUT2D eigenvalue weighted by atomic mass is 79.9. The van der Waals surface area contributed by atoms with Gasteiger partial charge in [0.15, 0.2) is 0 Å². The van der Waals surface area contributed by atoms with Gasteiger partial charge in [-0.15, -0.1) is 6.58 Å². The molecule has 1 N–H and O–H groups in total. The summed E-state index contributed by atoms with van der Waals surface area (Å²) < 4.78 is 6.07. The highest BCUT2D eigenvalue weighted by Gasteiger charge is 2.36. The van der Waals surface area contributed by atoms with Crippen LogP contribution in [-0.4, -0.2) is 19.1 Å². The first-order valence-corrected chi connectivity index (χ1v) is 6.63. The summed E-state index contributed by atoms with van der Waals surface area (Å²) in [7, 11) is 0. The molecule has 98 valence electrons. The largest absolute Gasteiger partial charge is 0.464 e. The third-order valence-corrected chi connectivity index (χ3v) is 3.18. The first-order chi connectivity index (χ1) is 8.54. The standard InChI is InChI=1S/C14H18BrNO2/c1-4-9-16-14(3,13(17)18-5-2)11-7-6-8-12(15)10-11/h4,6-8,10,16H,1,5,9H2,2-3H3. The molecule has 0 amide bonds. The molecule has 4 heteroatoms. The van der Waals surface area contributed by atoms with E-state index in [1.54, 1.807) is 13.0 Å². The third-order valence-electron chi connectivity index (χ3n) is 2.69. The van der Waals surface area contributed by atoms with E-state index >= 15 is 0 Å². The van der Waals surface area contributed by atoms with E-state index in [9.17, 15) is 4.79 Å². The second kappa shape index (κ2) is 6.71. The predicted molar refractivity (Wildman–Crippen MR) is 76.3 cm³/mol. The average molecular weight is 312 g/mol. The predicted octanol–water partition coefficient (Wildman–Crippen LogP) is 3.00. The zero-order valence-electron chi connectivity index (χ0n) is 10.7. The second-order valence-electron chi connectivity index (χ2n) is 4.03. The van der Waals surface area contributed by atoms with Gasteiger partial charge >= 0.3 is 5.97 Å². The zero-order valence-corrected chi connectivity index (χ0v) is 12.3. The molecule has 3 nitrogen and oxygen atoms in total. The molecule has 0 aliphatic carbocycles. The molecule has 0 bridgehead atoms. The molecule has 0 fully saturated rings. The Morgan fingerprint density at radius 1 is 1.61 bits per heavy atom. The minimum atomic E-state index is -0.867. The molecule has 0 saturated carbocycles. The van der Waals surface area contributed by atoms with Crippen LogP contribution < -0.4 is 5.32 Å². The van der Waals surface area contributed by atoms with Crippen molar-refractivity contribution in [3.8, 4) is 0 Å². The van der Waals surface area contributed by atoms with E-state index in [0.29, 0.717) is 13.2 Å². The van der Waals surface area contributed by atoms with Gasteiger partial charge in [-0.3, -0.25) is 5.32 Å². The van der Waals surface area contributed by atoms with Crippen molar-refractivity contribution in [2.45, 2.75) is 19.4 Å². The second-order valence-corrected chi connectivity index (χ2v) is 4.94. The van der Waals surface area contributed by atoms with E-state index in [1.165, 1.54) is 0 Å². The number of rotatable bonds is 6. The number of nitrogens with one attached hydrogen (secondary N) is 1. The van der Waals surface area contributed by atoms with Crippen LogP contribution in [0.1, 0.15) is 19.4 Å². The van der Waals surface area contributed by atoms with E-state index < -0.39 is 5.54 Å². The summed E-state index contributed by atoms with van der Waals surface area (Å²) in [4.78, 5) is 12.1. The first-order valence-electron chi connectivity index (χ1n) is 5.83. The van der Waals surface area contributed by atoms with Gasteiger partial charge in [-0.25, -0.2) is 4.79 Å². The number of carbonyl (C=O) groups excluding carboxylic acids is 1. The Bertz CT molecular complexity index is 434. The number of esters is 1. The van der Waals surface area contributed by atoms with Crippen molar-refractivity contribution in [3.05, 3.63) is 47.0 Å². The lowest BCUT2D eigenvalue weighted by molar-refractivity contribution is -0.150. The van der Waals surface area contributed by atoms with Gasteiger partial charge in [0.1, 0.15) is 5.54 Å². The monoisotopic (exact) mass is 311 g/mol. The van der Waals surface area contributed by atoms with Crippen LogP contribution in [-0.2, 0) is 15.1 Å². The molecule has 0 spiro atoms. The highest BCUT2D eigenvalue weighted by molar-refractivity contribution is 9.10. The molecular weight excluding hydrogens is 294 g/mol. The van der Waals surface area contributed by atoms with Crippen LogP contribution in [0.15, 0.2) is 41.4 Å². The summed E-state index contributed by atoms with van der Waals surface area (Å²) in [6.07, 6.45) is 1.72. The lowest BCUT2D eigenvalue weighted by Gasteiger charge is -2.28. The minimum Gasteiger partial charge on any atom is -0.464 e. The van der Waals surface area contributed by atoms with Crippen LogP contribution in [0.3, 0.4) is 0 Å². The van der Waals surface area contributed by atoms with Crippen LogP contribution in [0.25, 0.3) is 0 Å². The Morgan fingerprint density at radius 3 is 2.89 bits per heavy atom. The topological polar surface area (TPSA) is 38.3 Å². The molecule has 0 aliphatic rings. The Balaban J connectivity index is 3.10. The number of hydrogen-bond donors (Lipinski definition) is 1. The maximum Gasteiger partial charge on any atom is 0.330 e. The average Bonchev–Trinajstić information content (AvgIpc) is 2.36. The Labute approximate surface area is 116 Å². The SMILES string of the molecule is C=CCNC(C)(C(=O)OCC)c1cccc(Br)c1. The van der Waals surface area contributed by atoms with Crippen molar-refractivity contribution in [2.24, 2.45) is 0 Å². The van der Waals surface area contributed by atoms with E-state index in [2.05, 4.69) is 27.8 Å². The van der Waals surface area contributed by atoms with E-state index in [-0.39, 0.29) is 5.97 Å². The van der Waals surface area contributed by atoms with Crippen LogP contribution >= 0.6 is 15.9 Å². The smallest absolute Gasteiger partial charge is 0.330 e. The van der Waals surface area contributed by atoms with E-state index in [1.807, 2.05) is 31.2 Å². The number of carbonyl (C=O) groups is 1. The van der Waals surface area contributed by atoms with E-state index in [4.69, 9.17) is 4.74 Å². The number of halogens is 1. The maximum atomic E-state index is 12.1. The van der Waals surface area contributed by atoms with Gasteiger partial charge in [-0.1, -0.05) is 34.1 Å². The molecule has 1 aromatic carbocycles. The fraction of sp³-hybridized carbons (Fsp3) is 0.357. The van der Waals surface area contributed by atoms with Crippen LogP contribution in [0, 0.1) is 0 Å². The van der Waals surface area contributed by atoms with Crippen molar-refractivity contribution in [1.29, 1.82) is 0 Å². The van der Waals surface area contributed by atoms with Gasteiger partial charge in [0, 0.05) is 11.0 Å². The van der Waals surface area contributed by atoms with Crippen LogP contribution in [0.4, 0.5) is 0 Å². The zero-order chi connectivity index (χ0) is 13.6. The molecule has 18 heavy (non-hydrogen) atoms. The van der Waals surface area contributed by atoms with Crippen LogP contribution in [0.5, 0.6) is 0 Å². The van der Waals surface area contributed by atoms with Gasteiger partial charge in [-0.05, 0) is 31.5 Å². The molecule has 0 radical (unpaired) electrons. The van der Waals surface area contributed by atoms with Gasteiger partial charge in [-0.2, -0.15) is 0 Å². The van der Waals surface area contributed by atoms with Crippen molar-refractivity contribution < 1.29 is 9.53 Å². The Kier molecular flexibility index (Phi) is 5.56. The first kappa shape index (κ1) is 14.9. The van der Waals surface area contributed by atoms with Crippen molar-refractivity contribution in [3.63, 3.8) is 0 Å². The number of hydrogen-bond acceptors (Lipinski definition) is 3. The van der Waals surface area contributed by atoms with Gasteiger partial charge < -0.3 is 4.74 Å². The lowest BCUT2D eigenvalue weighted by atomic mass is 9.92. The molecule has 1 atom stereocenters.